The molecule has 0 amide bonds. The molecule has 0 heterocycles. The van der Waals surface area contributed by atoms with Crippen LogP contribution < -0.4 is 10.1 Å². The molecule has 0 saturated carbocycles. The van der Waals surface area contributed by atoms with Gasteiger partial charge in [0.15, 0.2) is 0 Å². The first kappa shape index (κ1) is 10.4. The number of nitriles is 1. The van der Waals surface area contributed by atoms with Crippen LogP contribution in [0, 0.1) is 11.3 Å². The Bertz CT molecular complexity index is 353. The number of nitrogens with one attached hydrogen (secondary N) is 1. The van der Waals surface area contributed by atoms with Crippen molar-refractivity contribution in [3.63, 3.8) is 0 Å². The van der Waals surface area contributed by atoms with Gasteiger partial charge in [0.25, 0.3) is 0 Å². The highest BCUT2D eigenvalue weighted by molar-refractivity contribution is 5.55. The number of benzene rings is 1. The molecule has 0 atom stereocenters. The molecule has 0 unspecified atom stereocenters. The summed E-state index contributed by atoms with van der Waals surface area (Å²) in [5.41, 5.74) is 1.53. The Morgan fingerprint density at radius 1 is 1.43 bits per heavy atom. The third kappa shape index (κ3) is 2.40. The molecule has 0 bridgehead atoms. The van der Waals surface area contributed by atoms with Gasteiger partial charge in [-0.05, 0) is 26.0 Å². The van der Waals surface area contributed by atoms with Crippen LogP contribution in [0.25, 0.3) is 0 Å². The molecule has 1 aromatic carbocycles. The van der Waals surface area contributed by atoms with Crippen LogP contribution in [0.1, 0.15) is 19.4 Å². The van der Waals surface area contributed by atoms with Gasteiger partial charge in [0.05, 0.1) is 12.7 Å². The van der Waals surface area contributed by atoms with E-state index in [1.807, 2.05) is 12.1 Å². The van der Waals surface area contributed by atoms with Gasteiger partial charge in [-0.1, -0.05) is 0 Å². The topological polar surface area (TPSA) is 45.0 Å². The van der Waals surface area contributed by atoms with E-state index in [1.165, 1.54) is 0 Å². The molecule has 3 nitrogen and oxygen atoms in total. The van der Waals surface area contributed by atoms with Crippen molar-refractivity contribution < 1.29 is 4.74 Å². The molecule has 74 valence electrons. The van der Waals surface area contributed by atoms with E-state index in [0.29, 0.717) is 17.4 Å². The van der Waals surface area contributed by atoms with Crippen LogP contribution in [0.15, 0.2) is 18.2 Å². The molecule has 0 radical (unpaired) electrons. The summed E-state index contributed by atoms with van der Waals surface area (Å²) in [6.07, 6.45) is 0. The summed E-state index contributed by atoms with van der Waals surface area (Å²) in [5, 5.41) is 12.0. The van der Waals surface area contributed by atoms with Gasteiger partial charge in [-0.15, -0.1) is 0 Å². The number of anilines is 1. The molecule has 0 aromatic heterocycles. The Balaban J connectivity index is 2.97. The number of nitrogens with zero attached hydrogens (tertiary/aromatic N) is 1. The molecule has 1 N–H and O–H groups in total. The van der Waals surface area contributed by atoms with Crippen LogP contribution in [-0.4, -0.2) is 13.2 Å². The quantitative estimate of drug-likeness (QED) is 0.795. The van der Waals surface area contributed by atoms with Crippen LogP contribution >= 0.6 is 0 Å². The Labute approximate surface area is 84.3 Å². The number of hydrogen-bond acceptors (Lipinski definition) is 3. The zero-order valence-corrected chi connectivity index (χ0v) is 8.66. The lowest BCUT2D eigenvalue weighted by molar-refractivity contribution is 0.413. The molecule has 0 aliphatic heterocycles. The Morgan fingerprint density at radius 2 is 2.14 bits per heavy atom. The zero-order chi connectivity index (χ0) is 10.6. The summed E-state index contributed by atoms with van der Waals surface area (Å²) >= 11 is 0. The molecular weight excluding hydrogens is 176 g/mol. The lowest BCUT2D eigenvalue weighted by Gasteiger charge is -2.11. The highest BCUT2D eigenvalue weighted by atomic mass is 16.5. The molecule has 0 aliphatic carbocycles. The normalized spacial score (nSPS) is 9.64. The van der Waals surface area contributed by atoms with E-state index in [4.69, 9.17) is 10.00 Å². The molecule has 14 heavy (non-hydrogen) atoms. The van der Waals surface area contributed by atoms with Crippen molar-refractivity contribution in [2.24, 2.45) is 0 Å². The van der Waals surface area contributed by atoms with Crippen molar-refractivity contribution in [3.8, 4) is 11.8 Å². The standard InChI is InChI=1S/C11H14N2O/c1-8(2)13-10-5-4-9(7-12)11(6-10)14-3/h4-6,8,13H,1-3H3. The lowest BCUT2D eigenvalue weighted by Crippen LogP contribution is -2.09. The van der Waals surface area contributed by atoms with Crippen LogP contribution in [0.2, 0.25) is 0 Å². The molecular formula is C11H14N2O. The van der Waals surface area contributed by atoms with Crippen molar-refractivity contribution in [1.82, 2.24) is 0 Å². The molecule has 1 aromatic rings. The van der Waals surface area contributed by atoms with E-state index in [1.54, 1.807) is 13.2 Å². The van der Waals surface area contributed by atoms with E-state index < -0.39 is 0 Å². The summed E-state index contributed by atoms with van der Waals surface area (Å²) in [6, 6.07) is 7.90. The van der Waals surface area contributed by atoms with Crippen molar-refractivity contribution in [2.75, 3.05) is 12.4 Å². The second-order valence-corrected chi connectivity index (χ2v) is 3.33. The fourth-order valence-corrected chi connectivity index (χ4v) is 1.21. The maximum atomic E-state index is 8.77. The van der Waals surface area contributed by atoms with E-state index in [9.17, 15) is 0 Å². The number of ether oxygens (including phenoxy) is 1. The zero-order valence-electron chi connectivity index (χ0n) is 8.66. The molecule has 0 saturated heterocycles. The fraction of sp³-hybridized carbons (Fsp3) is 0.364. The van der Waals surface area contributed by atoms with Crippen LogP contribution in [0.4, 0.5) is 5.69 Å². The highest BCUT2D eigenvalue weighted by Crippen LogP contribution is 2.22. The second kappa shape index (κ2) is 4.52. The van der Waals surface area contributed by atoms with Crippen LogP contribution in [-0.2, 0) is 0 Å². The summed E-state index contributed by atoms with van der Waals surface area (Å²) < 4.78 is 5.10. The first-order valence-corrected chi connectivity index (χ1v) is 4.52. The summed E-state index contributed by atoms with van der Waals surface area (Å²) in [6.45, 7) is 4.12. The van der Waals surface area contributed by atoms with Crippen molar-refractivity contribution >= 4 is 5.69 Å². The number of rotatable bonds is 3. The smallest absolute Gasteiger partial charge is 0.138 e. The van der Waals surface area contributed by atoms with Gasteiger partial charge in [0, 0.05) is 17.8 Å². The summed E-state index contributed by atoms with van der Waals surface area (Å²) in [5.74, 6) is 0.609. The SMILES string of the molecule is COc1cc(NC(C)C)ccc1C#N. The van der Waals surface area contributed by atoms with Gasteiger partial charge in [0.1, 0.15) is 11.8 Å². The number of methoxy groups -OCH3 is 1. The summed E-state index contributed by atoms with van der Waals surface area (Å²) in [4.78, 5) is 0. The van der Waals surface area contributed by atoms with Gasteiger partial charge in [-0.25, -0.2) is 0 Å². The largest absolute Gasteiger partial charge is 0.495 e. The fourth-order valence-electron chi connectivity index (χ4n) is 1.21. The second-order valence-electron chi connectivity index (χ2n) is 3.33. The van der Waals surface area contributed by atoms with Crippen LogP contribution in [0.3, 0.4) is 0 Å². The van der Waals surface area contributed by atoms with Gasteiger partial charge in [-0.3, -0.25) is 0 Å². The predicted octanol–water partition coefficient (Wildman–Crippen LogP) is 2.39. The minimum absolute atomic E-state index is 0.368. The minimum atomic E-state index is 0.368. The molecule has 0 aliphatic rings. The lowest BCUT2D eigenvalue weighted by atomic mass is 10.2. The van der Waals surface area contributed by atoms with E-state index in [-0.39, 0.29) is 0 Å². The van der Waals surface area contributed by atoms with Gasteiger partial charge in [0.2, 0.25) is 0 Å². The average Bonchev–Trinajstić information content (AvgIpc) is 2.16. The van der Waals surface area contributed by atoms with Gasteiger partial charge >= 0.3 is 0 Å². The van der Waals surface area contributed by atoms with Crippen LogP contribution in [0.5, 0.6) is 5.75 Å². The van der Waals surface area contributed by atoms with Crippen molar-refractivity contribution in [2.45, 2.75) is 19.9 Å². The van der Waals surface area contributed by atoms with Crippen molar-refractivity contribution in [1.29, 1.82) is 5.26 Å². The molecule has 3 heteroatoms. The average molecular weight is 190 g/mol. The molecule has 0 spiro atoms. The highest BCUT2D eigenvalue weighted by Gasteiger charge is 2.03. The van der Waals surface area contributed by atoms with E-state index in [0.717, 1.165) is 5.69 Å². The molecule has 1 rings (SSSR count). The third-order valence-corrected chi connectivity index (χ3v) is 1.78. The van der Waals surface area contributed by atoms with Gasteiger partial charge in [-0.2, -0.15) is 5.26 Å². The Morgan fingerprint density at radius 3 is 2.64 bits per heavy atom. The first-order valence-electron chi connectivity index (χ1n) is 4.52. The predicted molar refractivity (Wildman–Crippen MR) is 56.5 cm³/mol. The van der Waals surface area contributed by atoms with E-state index in [2.05, 4.69) is 25.2 Å². The minimum Gasteiger partial charge on any atom is -0.495 e. The first-order chi connectivity index (χ1) is 6.67. The molecule has 0 fully saturated rings. The van der Waals surface area contributed by atoms with Crippen molar-refractivity contribution in [3.05, 3.63) is 23.8 Å². The van der Waals surface area contributed by atoms with Gasteiger partial charge < -0.3 is 10.1 Å². The Kier molecular flexibility index (Phi) is 3.35. The maximum Gasteiger partial charge on any atom is 0.138 e. The maximum absolute atomic E-state index is 8.77. The third-order valence-electron chi connectivity index (χ3n) is 1.78. The summed E-state index contributed by atoms with van der Waals surface area (Å²) in [7, 11) is 1.56. The number of hydrogen-bond donors (Lipinski definition) is 1. The van der Waals surface area contributed by atoms with E-state index >= 15 is 0 Å². The Hall–Kier alpha value is -1.69. The monoisotopic (exact) mass is 190 g/mol.